The molecule has 0 saturated carbocycles. The summed E-state index contributed by atoms with van der Waals surface area (Å²) in [6.07, 6.45) is 3.38. The fourth-order valence-corrected chi connectivity index (χ4v) is 0.778. The summed E-state index contributed by atoms with van der Waals surface area (Å²) in [7, 11) is 0. The third-order valence-corrected chi connectivity index (χ3v) is 1.40. The van der Waals surface area contributed by atoms with Gasteiger partial charge in [0.1, 0.15) is 13.1 Å². The lowest BCUT2D eigenvalue weighted by Gasteiger charge is -1.87. The van der Waals surface area contributed by atoms with Crippen LogP contribution in [0.2, 0.25) is 0 Å². The molecule has 9 heavy (non-hydrogen) atoms. The molecule has 0 bridgehead atoms. The zero-order valence-corrected chi connectivity index (χ0v) is 5.80. The standard InChI is InChI=1S/C4H7N3OS/c1-9-4-5-2-7(3-8)6-4/h2,8H,3H2,1H3. The highest BCUT2D eigenvalue weighted by molar-refractivity contribution is 7.98. The highest BCUT2D eigenvalue weighted by atomic mass is 32.2. The van der Waals surface area contributed by atoms with Gasteiger partial charge >= 0.3 is 0 Å². The number of hydrogen-bond donors (Lipinski definition) is 1. The molecule has 1 aromatic rings. The maximum absolute atomic E-state index is 8.50. The van der Waals surface area contributed by atoms with Gasteiger partial charge in [-0.3, -0.25) is 0 Å². The highest BCUT2D eigenvalue weighted by Gasteiger charge is 1.94. The van der Waals surface area contributed by atoms with Gasteiger partial charge in [0.25, 0.3) is 0 Å². The van der Waals surface area contributed by atoms with Gasteiger partial charge in [0, 0.05) is 0 Å². The first-order valence-electron chi connectivity index (χ1n) is 2.41. The molecule has 1 aromatic heterocycles. The molecule has 0 saturated heterocycles. The number of thioether (sulfide) groups is 1. The average molecular weight is 145 g/mol. The lowest BCUT2D eigenvalue weighted by atomic mass is 11.2. The maximum Gasteiger partial charge on any atom is 0.208 e. The molecule has 0 aliphatic carbocycles. The van der Waals surface area contributed by atoms with E-state index in [0.717, 1.165) is 0 Å². The minimum absolute atomic E-state index is 0.104. The summed E-state index contributed by atoms with van der Waals surface area (Å²) in [6, 6.07) is 0. The van der Waals surface area contributed by atoms with Crippen LogP contribution < -0.4 is 0 Å². The number of aliphatic hydroxyl groups is 1. The first kappa shape index (κ1) is 6.57. The van der Waals surface area contributed by atoms with Gasteiger partial charge in [0.15, 0.2) is 0 Å². The monoisotopic (exact) mass is 145 g/mol. The van der Waals surface area contributed by atoms with Crippen molar-refractivity contribution < 1.29 is 5.11 Å². The molecular formula is C4H7N3OS. The van der Waals surface area contributed by atoms with E-state index in [4.69, 9.17) is 5.11 Å². The van der Waals surface area contributed by atoms with Crippen LogP contribution in [0.1, 0.15) is 0 Å². The Bertz CT molecular complexity index is 169. The molecule has 0 unspecified atom stereocenters. The predicted octanol–water partition coefficient (Wildman–Crippen LogP) is -0.0502. The van der Waals surface area contributed by atoms with E-state index >= 15 is 0 Å². The Balaban J connectivity index is 2.74. The van der Waals surface area contributed by atoms with Gasteiger partial charge in [-0.25, -0.2) is 9.67 Å². The van der Waals surface area contributed by atoms with Crippen molar-refractivity contribution in [3.05, 3.63) is 6.33 Å². The minimum atomic E-state index is -0.104. The number of rotatable bonds is 2. The van der Waals surface area contributed by atoms with Gasteiger partial charge in [0.2, 0.25) is 5.16 Å². The van der Waals surface area contributed by atoms with E-state index in [2.05, 4.69) is 10.1 Å². The van der Waals surface area contributed by atoms with Crippen molar-refractivity contribution in [1.29, 1.82) is 0 Å². The zero-order chi connectivity index (χ0) is 6.69. The normalized spacial score (nSPS) is 10.0. The molecule has 0 amide bonds. The molecule has 50 valence electrons. The Kier molecular flexibility index (Phi) is 2.07. The van der Waals surface area contributed by atoms with Crippen molar-refractivity contribution in [3.63, 3.8) is 0 Å². The fraction of sp³-hybridized carbons (Fsp3) is 0.500. The van der Waals surface area contributed by atoms with Crippen molar-refractivity contribution in [2.75, 3.05) is 6.26 Å². The topological polar surface area (TPSA) is 50.9 Å². The van der Waals surface area contributed by atoms with Gasteiger partial charge in [-0.2, -0.15) is 0 Å². The number of aliphatic hydroxyl groups excluding tert-OH is 1. The van der Waals surface area contributed by atoms with Crippen LogP contribution in [-0.4, -0.2) is 26.1 Å². The van der Waals surface area contributed by atoms with Gasteiger partial charge in [-0.15, -0.1) is 5.10 Å². The van der Waals surface area contributed by atoms with E-state index in [1.54, 1.807) is 0 Å². The molecule has 1 N–H and O–H groups in total. The highest BCUT2D eigenvalue weighted by Crippen LogP contribution is 2.04. The molecule has 0 aromatic carbocycles. The van der Waals surface area contributed by atoms with Crippen molar-refractivity contribution in [3.8, 4) is 0 Å². The Morgan fingerprint density at radius 1 is 1.89 bits per heavy atom. The predicted molar refractivity (Wildman–Crippen MR) is 34.0 cm³/mol. The van der Waals surface area contributed by atoms with Gasteiger partial charge in [-0.1, -0.05) is 11.8 Å². The summed E-state index contributed by atoms with van der Waals surface area (Å²) in [4.78, 5) is 3.86. The largest absolute Gasteiger partial charge is 0.374 e. The summed E-state index contributed by atoms with van der Waals surface area (Å²) in [5, 5.41) is 13.0. The number of hydrogen-bond acceptors (Lipinski definition) is 4. The number of aromatic nitrogens is 3. The van der Waals surface area contributed by atoms with Crippen LogP contribution in [0.5, 0.6) is 0 Å². The van der Waals surface area contributed by atoms with E-state index < -0.39 is 0 Å². The second-order valence-corrected chi connectivity index (χ2v) is 2.19. The Morgan fingerprint density at radius 2 is 2.67 bits per heavy atom. The second-order valence-electron chi connectivity index (χ2n) is 1.41. The summed E-state index contributed by atoms with van der Waals surface area (Å²) in [5.41, 5.74) is 0. The molecule has 0 aliphatic rings. The first-order chi connectivity index (χ1) is 4.36. The van der Waals surface area contributed by atoms with Crippen molar-refractivity contribution in [2.45, 2.75) is 11.9 Å². The zero-order valence-electron chi connectivity index (χ0n) is 4.98. The van der Waals surface area contributed by atoms with E-state index in [-0.39, 0.29) is 6.73 Å². The Morgan fingerprint density at radius 3 is 3.00 bits per heavy atom. The lowest BCUT2D eigenvalue weighted by Crippen LogP contribution is -1.95. The Labute approximate surface area is 56.9 Å². The van der Waals surface area contributed by atoms with Crippen LogP contribution in [-0.2, 0) is 6.73 Å². The van der Waals surface area contributed by atoms with Crippen molar-refractivity contribution >= 4 is 11.8 Å². The summed E-state index contributed by atoms with van der Waals surface area (Å²) >= 11 is 1.45. The SMILES string of the molecule is CSc1ncn(CO)n1. The van der Waals surface area contributed by atoms with Crippen LogP contribution in [0.3, 0.4) is 0 Å². The smallest absolute Gasteiger partial charge is 0.208 e. The number of nitrogens with zero attached hydrogens (tertiary/aromatic N) is 3. The maximum atomic E-state index is 8.50. The second kappa shape index (κ2) is 2.84. The summed E-state index contributed by atoms with van der Waals surface area (Å²) in [5.74, 6) is 0. The quantitative estimate of drug-likeness (QED) is 0.593. The average Bonchev–Trinajstić information content (AvgIpc) is 2.34. The third kappa shape index (κ3) is 1.43. The van der Waals surface area contributed by atoms with Gasteiger partial charge < -0.3 is 5.11 Å². The summed E-state index contributed by atoms with van der Waals surface area (Å²) < 4.78 is 1.37. The first-order valence-corrected chi connectivity index (χ1v) is 3.63. The van der Waals surface area contributed by atoms with Crippen LogP contribution in [0.4, 0.5) is 0 Å². The summed E-state index contributed by atoms with van der Waals surface area (Å²) in [6.45, 7) is -0.104. The minimum Gasteiger partial charge on any atom is -0.374 e. The molecule has 4 nitrogen and oxygen atoms in total. The molecule has 0 spiro atoms. The fourth-order valence-electron chi connectivity index (χ4n) is 0.439. The van der Waals surface area contributed by atoms with Crippen LogP contribution >= 0.6 is 11.8 Å². The third-order valence-electron chi connectivity index (χ3n) is 0.843. The van der Waals surface area contributed by atoms with E-state index in [9.17, 15) is 0 Å². The molecular weight excluding hydrogens is 138 g/mol. The van der Waals surface area contributed by atoms with E-state index in [1.807, 2.05) is 6.26 Å². The van der Waals surface area contributed by atoms with E-state index in [1.165, 1.54) is 22.8 Å². The molecule has 5 heteroatoms. The van der Waals surface area contributed by atoms with Crippen LogP contribution in [0.25, 0.3) is 0 Å². The molecule has 0 radical (unpaired) electrons. The van der Waals surface area contributed by atoms with Crippen LogP contribution in [0, 0.1) is 0 Å². The Hall–Kier alpha value is -0.550. The van der Waals surface area contributed by atoms with Crippen molar-refractivity contribution in [1.82, 2.24) is 14.8 Å². The molecule has 0 atom stereocenters. The molecule has 0 aliphatic heterocycles. The molecule has 1 heterocycles. The van der Waals surface area contributed by atoms with Crippen molar-refractivity contribution in [2.24, 2.45) is 0 Å². The van der Waals surface area contributed by atoms with E-state index in [0.29, 0.717) is 5.16 Å². The lowest BCUT2D eigenvalue weighted by molar-refractivity contribution is 0.193. The van der Waals surface area contributed by atoms with Crippen LogP contribution in [0.15, 0.2) is 11.5 Å². The molecule has 0 fully saturated rings. The van der Waals surface area contributed by atoms with Gasteiger partial charge in [0.05, 0.1) is 0 Å². The van der Waals surface area contributed by atoms with Gasteiger partial charge in [-0.05, 0) is 6.26 Å². The molecule has 1 rings (SSSR count).